The highest BCUT2D eigenvalue weighted by molar-refractivity contribution is 6.32. The van der Waals surface area contributed by atoms with Crippen molar-refractivity contribution in [3.63, 3.8) is 0 Å². The molecule has 1 aliphatic heterocycles. The van der Waals surface area contributed by atoms with Crippen LogP contribution in [0.5, 0.6) is 5.75 Å². The molecule has 1 aromatic heterocycles. The van der Waals surface area contributed by atoms with E-state index in [1.165, 1.54) is 24.3 Å². The van der Waals surface area contributed by atoms with E-state index in [9.17, 15) is 18.8 Å². The van der Waals surface area contributed by atoms with Crippen molar-refractivity contribution >= 4 is 29.2 Å². The number of imide groups is 1. The van der Waals surface area contributed by atoms with E-state index >= 15 is 0 Å². The SMILES string of the molecule is Nc1c2c(cc(=O)n1-c1ccc(OCc3cccc(F)c3)cc1Cl)C(=O)NC2=O. The van der Waals surface area contributed by atoms with Crippen molar-refractivity contribution in [1.82, 2.24) is 9.88 Å². The second kappa shape index (κ2) is 7.06. The molecule has 3 N–H and O–H groups in total. The van der Waals surface area contributed by atoms with Crippen LogP contribution in [0.4, 0.5) is 10.2 Å². The highest BCUT2D eigenvalue weighted by Crippen LogP contribution is 2.29. The number of ether oxygens (including phenoxy) is 1. The number of nitrogens with zero attached hydrogens (tertiary/aromatic N) is 1. The molecule has 7 nitrogen and oxygen atoms in total. The van der Waals surface area contributed by atoms with Crippen molar-refractivity contribution in [2.24, 2.45) is 0 Å². The van der Waals surface area contributed by atoms with Crippen LogP contribution in [0.15, 0.2) is 53.3 Å². The average molecular weight is 414 g/mol. The summed E-state index contributed by atoms with van der Waals surface area (Å²) in [5.74, 6) is -1.51. The van der Waals surface area contributed by atoms with Crippen molar-refractivity contribution in [2.45, 2.75) is 6.61 Å². The fourth-order valence-electron chi connectivity index (χ4n) is 3.08. The maximum Gasteiger partial charge on any atom is 0.262 e. The second-order valence-electron chi connectivity index (χ2n) is 6.31. The molecule has 2 amide bonds. The van der Waals surface area contributed by atoms with E-state index < -0.39 is 17.4 Å². The summed E-state index contributed by atoms with van der Waals surface area (Å²) < 4.78 is 19.9. The highest BCUT2D eigenvalue weighted by atomic mass is 35.5. The lowest BCUT2D eigenvalue weighted by Gasteiger charge is -2.14. The molecule has 2 aromatic carbocycles. The number of carbonyl (C=O) groups is 2. The minimum atomic E-state index is -0.678. The van der Waals surface area contributed by atoms with Crippen LogP contribution in [-0.4, -0.2) is 16.4 Å². The number of fused-ring (bicyclic) bond motifs is 1. The predicted octanol–water partition coefficient (Wildman–Crippen LogP) is 2.67. The number of benzene rings is 2. The van der Waals surface area contributed by atoms with Crippen molar-refractivity contribution in [3.05, 3.63) is 86.4 Å². The molecule has 0 aliphatic carbocycles. The zero-order valence-corrected chi connectivity index (χ0v) is 15.5. The summed E-state index contributed by atoms with van der Waals surface area (Å²) in [4.78, 5) is 36.2. The summed E-state index contributed by atoms with van der Waals surface area (Å²) in [6, 6.07) is 11.6. The van der Waals surface area contributed by atoms with Gasteiger partial charge >= 0.3 is 0 Å². The molecule has 4 rings (SSSR count). The second-order valence-corrected chi connectivity index (χ2v) is 6.71. The Morgan fingerprint density at radius 1 is 1.07 bits per heavy atom. The Morgan fingerprint density at radius 2 is 1.86 bits per heavy atom. The molecule has 0 atom stereocenters. The van der Waals surface area contributed by atoms with Gasteiger partial charge in [-0.15, -0.1) is 0 Å². The van der Waals surface area contributed by atoms with Gasteiger partial charge in [-0.05, 0) is 29.8 Å². The number of amides is 2. The van der Waals surface area contributed by atoms with Crippen molar-refractivity contribution < 1.29 is 18.7 Å². The number of aromatic nitrogens is 1. The first kappa shape index (κ1) is 18.7. The lowest BCUT2D eigenvalue weighted by Crippen LogP contribution is -2.24. The van der Waals surface area contributed by atoms with Crippen LogP contribution in [0.25, 0.3) is 5.69 Å². The van der Waals surface area contributed by atoms with Gasteiger partial charge in [-0.3, -0.25) is 24.3 Å². The van der Waals surface area contributed by atoms with Gasteiger partial charge in [0.2, 0.25) is 0 Å². The Labute approximate surface area is 168 Å². The summed E-state index contributed by atoms with van der Waals surface area (Å²) in [6.45, 7) is 0.122. The van der Waals surface area contributed by atoms with Crippen LogP contribution in [0, 0.1) is 5.82 Å². The van der Waals surface area contributed by atoms with E-state index in [2.05, 4.69) is 5.32 Å². The molecule has 29 heavy (non-hydrogen) atoms. The largest absolute Gasteiger partial charge is 0.489 e. The van der Waals surface area contributed by atoms with Gasteiger partial charge in [0.05, 0.1) is 21.8 Å². The Morgan fingerprint density at radius 3 is 2.59 bits per heavy atom. The third kappa shape index (κ3) is 3.34. The third-order valence-corrected chi connectivity index (χ3v) is 4.71. The molecule has 9 heteroatoms. The van der Waals surface area contributed by atoms with Crippen LogP contribution in [0.1, 0.15) is 26.3 Å². The Balaban J connectivity index is 1.67. The van der Waals surface area contributed by atoms with E-state index in [0.29, 0.717) is 11.3 Å². The molecule has 0 saturated carbocycles. The first-order valence-electron chi connectivity index (χ1n) is 8.43. The number of nitrogens with one attached hydrogen (secondary N) is 1. The highest BCUT2D eigenvalue weighted by Gasteiger charge is 2.32. The minimum absolute atomic E-state index is 0.0695. The van der Waals surface area contributed by atoms with Crippen molar-refractivity contribution in [2.75, 3.05) is 5.73 Å². The number of anilines is 1. The molecule has 2 heterocycles. The van der Waals surface area contributed by atoms with Gasteiger partial charge in [0.1, 0.15) is 24.0 Å². The van der Waals surface area contributed by atoms with Gasteiger partial charge in [0, 0.05) is 12.1 Å². The minimum Gasteiger partial charge on any atom is -0.489 e. The zero-order valence-electron chi connectivity index (χ0n) is 14.7. The predicted molar refractivity (Wildman–Crippen MR) is 104 cm³/mol. The first-order chi connectivity index (χ1) is 13.8. The normalized spacial score (nSPS) is 12.6. The Bertz CT molecular complexity index is 1240. The van der Waals surface area contributed by atoms with Crippen LogP contribution in [0.3, 0.4) is 0 Å². The summed E-state index contributed by atoms with van der Waals surface area (Å²) in [6.07, 6.45) is 0. The van der Waals surface area contributed by atoms with Gasteiger partial charge in [0.15, 0.2) is 0 Å². The lowest BCUT2D eigenvalue weighted by molar-refractivity contribution is 0.0880. The van der Waals surface area contributed by atoms with E-state index in [-0.39, 0.29) is 40.1 Å². The number of carbonyl (C=O) groups excluding carboxylic acids is 2. The molecule has 0 radical (unpaired) electrons. The fraction of sp³-hybridized carbons (Fsp3) is 0.0500. The molecule has 146 valence electrons. The molecule has 0 spiro atoms. The Kier molecular flexibility index (Phi) is 4.56. The fourth-order valence-corrected chi connectivity index (χ4v) is 3.34. The molecule has 0 fully saturated rings. The molecule has 3 aromatic rings. The van der Waals surface area contributed by atoms with Crippen LogP contribution in [0.2, 0.25) is 5.02 Å². The number of rotatable bonds is 4. The number of nitrogens with two attached hydrogens (primary N) is 1. The topological polar surface area (TPSA) is 103 Å². The smallest absolute Gasteiger partial charge is 0.262 e. The van der Waals surface area contributed by atoms with Crippen molar-refractivity contribution in [1.29, 1.82) is 0 Å². The van der Waals surface area contributed by atoms with E-state index in [0.717, 1.165) is 10.6 Å². The molecule has 0 bridgehead atoms. The Hall–Kier alpha value is -3.65. The average Bonchev–Trinajstić information content (AvgIpc) is 2.95. The molecule has 1 aliphatic rings. The molecular formula is C20H13ClFN3O4. The summed E-state index contributed by atoms with van der Waals surface area (Å²) >= 11 is 6.31. The molecule has 0 saturated heterocycles. The van der Waals surface area contributed by atoms with Gasteiger partial charge < -0.3 is 10.5 Å². The number of hydrogen-bond donors (Lipinski definition) is 2. The standard InChI is InChI=1S/C20H13ClFN3O4/c21-14-7-12(29-9-10-2-1-3-11(22)6-10)4-5-15(14)25-16(26)8-13-17(18(25)23)20(28)24-19(13)27/h1-8H,9,23H2,(H,24,27,28). The van der Waals surface area contributed by atoms with Crippen LogP contribution >= 0.6 is 11.6 Å². The first-order valence-corrected chi connectivity index (χ1v) is 8.81. The van der Waals surface area contributed by atoms with E-state index in [4.69, 9.17) is 22.1 Å². The summed E-state index contributed by atoms with van der Waals surface area (Å²) in [5, 5.41) is 2.24. The van der Waals surface area contributed by atoms with E-state index in [1.54, 1.807) is 18.2 Å². The van der Waals surface area contributed by atoms with Crippen LogP contribution in [-0.2, 0) is 6.61 Å². The maximum atomic E-state index is 13.2. The summed E-state index contributed by atoms with van der Waals surface area (Å²) in [7, 11) is 0. The van der Waals surface area contributed by atoms with E-state index in [1.807, 2.05) is 0 Å². The van der Waals surface area contributed by atoms with Crippen molar-refractivity contribution in [3.8, 4) is 11.4 Å². The number of pyridine rings is 1. The summed E-state index contributed by atoms with van der Waals surface area (Å²) in [5.41, 5.74) is 6.11. The monoisotopic (exact) mass is 413 g/mol. The van der Waals surface area contributed by atoms with Gasteiger partial charge in [-0.1, -0.05) is 23.7 Å². The van der Waals surface area contributed by atoms with Gasteiger partial charge in [-0.2, -0.15) is 0 Å². The zero-order chi connectivity index (χ0) is 20.7. The maximum absolute atomic E-state index is 13.2. The number of nitrogen functional groups attached to an aromatic ring is 1. The van der Waals surface area contributed by atoms with Gasteiger partial charge in [-0.25, -0.2) is 4.39 Å². The molecule has 0 unspecified atom stereocenters. The third-order valence-electron chi connectivity index (χ3n) is 4.41. The quantitative estimate of drug-likeness (QED) is 0.640. The molecular weight excluding hydrogens is 401 g/mol. The number of halogens is 2. The number of hydrogen-bond acceptors (Lipinski definition) is 5. The van der Waals surface area contributed by atoms with Crippen LogP contribution < -0.4 is 21.3 Å². The van der Waals surface area contributed by atoms with Gasteiger partial charge in [0.25, 0.3) is 17.4 Å². The lowest BCUT2D eigenvalue weighted by atomic mass is 10.1.